The van der Waals surface area contributed by atoms with Crippen LogP contribution >= 0.6 is 27.5 Å². The van der Waals surface area contributed by atoms with Crippen LogP contribution in [0.5, 0.6) is 0 Å². The summed E-state index contributed by atoms with van der Waals surface area (Å²) in [5.41, 5.74) is 0.894. The van der Waals surface area contributed by atoms with Gasteiger partial charge in [-0.15, -0.1) is 0 Å². The molecule has 0 saturated carbocycles. The molecule has 5 heteroatoms. The number of alkyl halides is 1. The quantitative estimate of drug-likeness (QED) is 0.852. The monoisotopic (exact) mass is 300 g/mol. The molecule has 1 N–H and O–H groups in total. The van der Waals surface area contributed by atoms with Gasteiger partial charge >= 0.3 is 0 Å². The number of hydrogen-bond acceptors (Lipinski definition) is 2. The topological polar surface area (TPSA) is 52.9 Å². The SMILES string of the molecule is CC(C)(Br)C(=O)Nc1cc(C#N)ccc1Cl. The predicted molar refractivity (Wildman–Crippen MR) is 67.8 cm³/mol. The van der Waals surface area contributed by atoms with E-state index < -0.39 is 4.32 Å². The summed E-state index contributed by atoms with van der Waals surface area (Å²) in [5.74, 6) is -0.218. The Bertz CT molecular complexity index is 460. The van der Waals surface area contributed by atoms with Crippen LogP contribution in [0.3, 0.4) is 0 Å². The van der Waals surface area contributed by atoms with Crippen LogP contribution in [0.4, 0.5) is 5.69 Å². The fourth-order valence-corrected chi connectivity index (χ4v) is 1.23. The number of hydrogen-bond donors (Lipinski definition) is 1. The van der Waals surface area contributed by atoms with Crippen molar-refractivity contribution in [2.75, 3.05) is 5.32 Å². The summed E-state index contributed by atoms with van der Waals surface area (Å²) in [6.07, 6.45) is 0. The third kappa shape index (κ3) is 3.22. The summed E-state index contributed by atoms with van der Waals surface area (Å²) in [6, 6.07) is 6.70. The fraction of sp³-hybridized carbons (Fsp3) is 0.273. The van der Waals surface area contributed by atoms with E-state index in [1.807, 2.05) is 6.07 Å². The second kappa shape index (κ2) is 4.86. The lowest BCUT2D eigenvalue weighted by Crippen LogP contribution is -2.31. The Balaban J connectivity index is 2.98. The molecule has 0 spiro atoms. The van der Waals surface area contributed by atoms with Crippen LogP contribution in [0.2, 0.25) is 5.02 Å². The van der Waals surface area contributed by atoms with Crippen molar-refractivity contribution in [1.82, 2.24) is 0 Å². The Morgan fingerprint density at radius 1 is 1.56 bits per heavy atom. The van der Waals surface area contributed by atoms with Crippen LogP contribution in [0.25, 0.3) is 0 Å². The smallest absolute Gasteiger partial charge is 0.240 e. The van der Waals surface area contributed by atoms with Crippen LogP contribution in [-0.2, 0) is 4.79 Å². The van der Waals surface area contributed by atoms with Gasteiger partial charge in [-0.25, -0.2) is 0 Å². The van der Waals surface area contributed by atoms with Crippen molar-refractivity contribution in [2.24, 2.45) is 0 Å². The number of halogens is 2. The van der Waals surface area contributed by atoms with Gasteiger partial charge in [-0.05, 0) is 32.0 Å². The van der Waals surface area contributed by atoms with Crippen LogP contribution in [0.15, 0.2) is 18.2 Å². The number of nitriles is 1. The normalized spacial score (nSPS) is 10.7. The van der Waals surface area contributed by atoms with Crippen molar-refractivity contribution in [2.45, 2.75) is 18.2 Å². The van der Waals surface area contributed by atoms with Gasteiger partial charge in [0.25, 0.3) is 0 Å². The molecule has 1 aromatic rings. The molecular formula is C11H10BrClN2O. The first-order chi connectivity index (χ1) is 7.34. The molecule has 16 heavy (non-hydrogen) atoms. The van der Waals surface area contributed by atoms with E-state index in [4.69, 9.17) is 16.9 Å². The Hall–Kier alpha value is -1.05. The van der Waals surface area contributed by atoms with Crippen molar-refractivity contribution in [3.63, 3.8) is 0 Å². The number of nitrogens with one attached hydrogen (secondary N) is 1. The number of carbonyl (C=O) groups is 1. The minimum Gasteiger partial charge on any atom is -0.324 e. The molecular weight excluding hydrogens is 291 g/mol. The van der Waals surface area contributed by atoms with Crippen LogP contribution in [0, 0.1) is 11.3 Å². The van der Waals surface area contributed by atoms with E-state index in [1.165, 1.54) is 0 Å². The highest BCUT2D eigenvalue weighted by atomic mass is 79.9. The van der Waals surface area contributed by atoms with E-state index >= 15 is 0 Å². The molecule has 1 aromatic carbocycles. The molecule has 1 amide bonds. The molecule has 0 bridgehead atoms. The molecule has 0 heterocycles. The summed E-state index contributed by atoms with van der Waals surface area (Å²) in [6.45, 7) is 3.45. The zero-order valence-electron chi connectivity index (χ0n) is 8.84. The van der Waals surface area contributed by atoms with E-state index in [0.29, 0.717) is 16.3 Å². The predicted octanol–water partition coefficient (Wildman–Crippen LogP) is 3.32. The molecule has 3 nitrogen and oxygen atoms in total. The Morgan fingerprint density at radius 3 is 2.69 bits per heavy atom. The maximum absolute atomic E-state index is 11.7. The molecule has 0 aliphatic carbocycles. The molecule has 84 valence electrons. The second-order valence-electron chi connectivity index (χ2n) is 3.73. The lowest BCUT2D eigenvalue weighted by molar-refractivity contribution is -0.117. The lowest BCUT2D eigenvalue weighted by atomic mass is 10.1. The van der Waals surface area contributed by atoms with Gasteiger partial charge in [-0.2, -0.15) is 5.26 Å². The van der Waals surface area contributed by atoms with Gasteiger partial charge in [0.1, 0.15) is 0 Å². The number of rotatable bonds is 2. The molecule has 0 fully saturated rings. The summed E-state index contributed by atoms with van der Waals surface area (Å²) in [4.78, 5) is 11.7. The molecule has 0 aromatic heterocycles. The number of amides is 1. The first kappa shape index (κ1) is 13.0. The Morgan fingerprint density at radius 2 is 2.19 bits per heavy atom. The van der Waals surface area contributed by atoms with Gasteiger partial charge < -0.3 is 5.32 Å². The minimum atomic E-state index is -0.682. The highest BCUT2D eigenvalue weighted by Gasteiger charge is 2.24. The molecule has 1 rings (SSSR count). The van der Waals surface area contributed by atoms with Crippen LogP contribution in [0.1, 0.15) is 19.4 Å². The molecule has 0 aliphatic heterocycles. The minimum absolute atomic E-state index is 0.218. The maximum Gasteiger partial charge on any atom is 0.240 e. The summed E-state index contributed by atoms with van der Waals surface area (Å²) in [7, 11) is 0. The molecule has 0 radical (unpaired) electrons. The molecule has 0 aliphatic rings. The Kier molecular flexibility index (Phi) is 3.95. The average Bonchev–Trinajstić information content (AvgIpc) is 2.19. The van der Waals surface area contributed by atoms with Crippen molar-refractivity contribution in [3.8, 4) is 6.07 Å². The standard InChI is InChI=1S/C11H10BrClN2O/c1-11(2,12)10(16)15-9-5-7(6-14)3-4-8(9)13/h3-5H,1-2H3,(H,15,16). The van der Waals surface area contributed by atoms with E-state index in [1.54, 1.807) is 32.0 Å². The Labute approximate surface area is 108 Å². The zero-order valence-corrected chi connectivity index (χ0v) is 11.2. The average molecular weight is 302 g/mol. The largest absolute Gasteiger partial charge is 0.324 e. The number of nitrogens with zero attached hydrogens (tertiary/aromatic N) is 1. The summed E-state index contributed by atoms with van der Waals surface area (Å²) < 4.78 is -0.682. The fourth-order valence-electron chi connectivity index (χ4n) is 0.962. The van der Waals surface area contributed by atoms with E-state index in [2.05, 4.69) is 21.2 Å². The third-order valence-electron chi connectivity index (χ3n) is 1.88. The van der Waals surface area contributed by atoms with Gasteiger partial charge in [0.05, 0.1) is 26.7 Å². The first-order valence-corrected chi connectivity index (χ1v) is 5.71. The lowest BCUT2D eigenvalue weighted by Gasteiger charge is -2.16. The van der Waals surface area contributed by atoms with Crippen LogP contribution < -0.4 is 5.32 Å². The highest BCUT2D eigenvalue weighted by Crippen LogP contribution is 2.25. The van der Waals surface area contributed by atoms with E-state index in [9.17, 15) is 4.79 Å². The van der Waals surface area contributed by atoms with Gasteiger partial charge in [0.2, 0.25) is 5.91 Å². The zero-order chi connectivity index (χ0) is 12.3. The van der Waals surface area contributed by atoms with Gasteiger partial charge in [0, 0.05) is 0 Å². The van der Waals surface area contributed by atoms with Crippen molar-refractivity contribution in [3.05, 3.63) is 28.8 Å². The van der Waals surface area contributed by atoms with Crippen LogP contribution in [-0.4, -0.2) is 10.2 Å². The maximum atomic E-state index is 11.7. The number of anilines is 1. The van der Waals surface area contributed by atoms with E-state index in [-0.39, 0.29) is 5.91 Å². The third-order valence-corrected chi connectivity index (χ3v) is 2.57. The second-order valence-corrected chi connectivity index (χ2v) is 6.12. The van der Waals surface area contributed by atoms with E-state index in [0.717, 1.165) is 0 Å². The van der Waals surface area contributed by atoms with Gasteiger partial charge in [-0.3, -0.25) is 4.79 Å². The van der Waals surface area contributed by atoms with Gasteiger partial charge in [0.15, 0.2) is 0 Å². The number of benzene rings is 1. The first-order valence-electron chi connectivity index (χ1n) is 4.54. The number of carbonyl (C=O) groups excluding carboxylic acids is 1. The van der Waals surface area contributed by atoms with Crippen molar-refractivity contribution in [1.29, 1.82) is 5.26 Å². The molecule has 0 unspecified atom stereocenters. The molecule has 0 atom stereocenters. The van der Waals surface area contributed by atoms with Crippen molar-refractivity contribution >= 4 is 39.1 Å². The molecule has 0 saturated heterocycles. The highest BCUT2D eigenvalue weighted by molar-refractivity contribution is 9.10. The van der Waals surface area contributed by atoms with Gasteiger partial charge in [-0.1, -0.05) is 27.5 Å². The van der Waals surface area contributed by atoms with Crippen molar-refractivity contribution < 1.29 is 4.79 Å². The summed E-state index contributed by atoms with van der Waals surface area (Å²) in [5, 5.41) is 11.8. The summed E-state index contributed by atoms with van der Waals surface area (Å²) >= 11 is 9.15.